The number of alkyl halides is 6. The van der Waals surface area contributed by atoms with Crippen molar-refractivity contribution in [2.45, 2.75) is 45.5 Å². The van der Waals surface area contributed by atoms with E-state index >= 15 is 0 Å². The normalized spacial score (nSPS) is 14.0. The van der Waals surface area contributed by atoms with Crippen LogP contribution in [0.1, 0.15) is 20.8 Å². The number of carbonyl (C=O) groups is 2. The summed E-state index contributed by atoms with van der Waals surface area (Å²) in [5, 5.41) is 0. The number of rotatable bonds is 4. The minimum absolute atomic E-state index is 0.634. The van der Waals surface area contributed by atoms with Gasteiger partial charge in [-0.1, -0.05) is 13.8 Å². The van der Waals surface area contributed by atoms with E-state index in [9.17, 15) is 35.9 Å². The lowest BCUT2D eigenvalue weighted by molar-refractivity contribution is -0.312. The number of ether oxygens (including phenoxy) is 3. The molecule has 5 nitrogen and oxygen atoms in total. The number of halogens is 6. The van der Waals surface area contributed by atoms with E-state index in [1.807, 2.05) is 0 Å². The predicted molar refractivity (Wildman–Crippen MR) is 53.9 cm³/mol. The highest BCUT2D eigenvalue weighted by Gasteiger charge is 2.60. The maximum atomic E-state index is 12.1. The molecule has 11 heteroatoms. The summed E-state index contributed by atoms with van der Waals surface area (Å²) < 4.78 is 84.1. The van der Waals surface area contributed by atoms with Crippen molar-refractivity contribution in [3.05, 3.63) is 0 Å². The second-order valence-electron chi connectivity index (χ2n) is 4.11. The Kier molecular flexibility index (Phi) is 6.30. The monoisotopic (exact) mass is 326 g/mol. The number of hydrogen-bond acceptors (Lipinski definition) is 5. The van der Waals surface area contributed by atoms with Crippen LogP contribution >= 0.6 is 0 Å². The smallest absolute Gasteiger partial charge is 0.425 e. The lowest BCUT2D eigenvalue weighted by Gasteiger charge is -2.23. The summed E-state index contributed by atoms with van der Waals surface area (Å²) in [6.07, 6.45) is -20.0. The first-order valence-electron chi connectivity index (χ1n) is 5.46. The maximum Gasteiger partial charge on any atom is 0.512 e. The molecule has 0 aromatic carbocycles. The average Bonchev–Trinajstić information content (AvgIpc) is 2.22. The zero-order valence-corrected chi connectivity index (χ0v) is 11.0. The zero-order chi connectivity index (χ0) is 17.0. The first kappa shape index (κ1) is 19.3. The van der Waals surface area contributed by atoms with E-state index in [-0.39, 0.29) is 0 Å². The van der Waals surface area contributed by atoms with Crippen molar-refractivity contribution in [2.24, 2.45) is 5.92 Å². The van der Waals surface area contributed by atoms with Gasteiger partial charge in [0.2, 0.25) is 6.29 Å². The molecule has 0 aromatic heterocycles. The molecular formula is C10H12F6O5. The summed E-state index contributed by atoms with van der Waals surface area (Å²) in [4.78, 5) is 21.9. The molecule has 0 aliphatic heterocycles. The molecule has 0 fully saturated rings. The molecule has 0 rings (SSSR count). The zero-order valence-electron chi connectivity index (χ0n) is 11.0. The van der Waals surface area contributed by atoms with Crippen LogP contribution in [0.25, 0.3) is 0 Å². The third kappa shape index (κ3) is 7.04. The van der Waals surface area contributed by atoms with Crippen LogP contribution < -0.4 is 0 Å². The summed E-state index contributed by atoms with van der Waals surface area (Å²) >= 11 is 0. The summed E-state index contributed by atoms with van der Waals surface area (Å²) in [7, 11) is 0. The molecule has 0 heterocycles. The van der Waals surface area contributed by atoms with Gasteiger partial charge < -0.3 is 14.2 Å². The van der Waals surface area contributed by atoms with Gasteiger partial charge in [0.15, 0.2) is 0 Å². The Morgan fingerprint density at radius 3 is 1.57 bits per heavy atom. The molecule has 0 amide bonds. The second kappa shape index (κ2) is 6.85. The molecule has 0 spiro atoms. The van der Waals surface area contributed by atoms with Gasteiger partial charge in [0, 0.05) is 6.92 Å². The number of esters is 1. The molecule has 0 saturated heterocycles. The van der Waals surface area contributed by atoms with Crippen LogP contribution in [-0.2, 0) is 19.0 Å². The first-order chi connectivity index (χ1) is 9.25. The number of carbonyl (C=O) groups excluding carboxylic acids is 2. The molecule has 0 aliphatic carbocycles. The van der Waals surface area contributed by atoms with Gasteiger partial charge in [-0.05, 0) is 0 Å². The standard InChI is InChI=1S/C10H12F6O5/c1-4(2)6(17)19-5(3)20-8(18)21-7(9(11,12)13)10(14,15)16/h4-5,7H,1-3H3/t5-/m1/s1. The highest BCUT2D eigenvalue weighted by atomic mass is 19.4. The van der Waals surface area contributed by atoms with Crippen LogP contribution in [0, 0.1) is 5.92 Å². The fraction of sp³-hybridized carbons (Fsp3) is 0.800. The Morgan fingerprint density at radius 1 is 0.810 bits per heavy atom. The fourth-order valence-electron chi connectivity index (χ4n) is 0.902. The van der Waals surface area contributed by atoms with Crippen molar-refractivity contribution in [3.63, 3.8) is 0 Å². The Labute approximate surface area is 115 Å². The minimum atomic E-state index is -5.85. The molecule has 0 bridgehead atoms. The van der Waals surface area contributed by atoms with Gasteiger partial charge in [-0.25, -0.2) is 4.79 Å². The highest BCUT2D eigenvalue weighted by Crippen LogP contribution is 2.35. The molecule has 0 aromatic rings. The second-order valence-corrected chi connectivity index (χ2v) is 4.11. The van der Waals surface area contributed by atoms with E-state index in [2.05, 4.69) is 14.2 Å². The van der Waals surface area contributed by atoms with Crippen molar-refractivity contribution in [3.8, 4) is 0 Å². The van der Waals surface area contributed by atoms with Crippen molar-refractivity contribution >= 4 is 12.1 Å². The van der Waals surface area contributed by atoms with Gasteiger partial charge >= 0.3 is 24.5 Å². The van der Waals surface area contributed by atoms with Gasteiger partial charge in [0.1, 0.15) is 0 Å². The lowest BCUT2D eigenvalue weighted by Crippen LogP contribution is -2.46. The van der Waals surface area contributed by atoms with E-state index in [4.69, 9.17) is 0 Å². The molecule has 0 unspecified atom stereocenters. The van der Waals surface area contributed by atoms with E-state index in [1.54, 1.807) is 0 Å². The molecule has 21 heavy (non-hydrogen) atoms. The molecule has 124 valence electrons. The first-order valence-corrected chi connectivity index (χ1v) is 5.46. The van der Waals surface area contributed by atoms with E-state index in [0.29, 0.717) is 0 Å². The van der Waals surface area contributed by atoms with E-state index in [1.165, 1.54) is 13.8 Å². The molecule has 0 radical (unpaired) electrons. The largest absolute Gasteiger partial charge is 0.512 e. The lowest BCUT2D eigenvalue weighted by atomic mass is 10.2. The molecule has 0 N–H and O–H groups in total. The van der Waals surface area contributed by atoms with Crippen LogP contribution in [-0.4, -0.2) is 36.9 Å². The van der Waals surface area contributed by atoms with Crippen LogP contribution in [0.5, 0.6) is 0 Å². The third-order valence-electron chi connectivity index (χ3n) is 1.82. The van der Waals surface area contributed by atoms with Crippen LogP contribution in [0.2, 0.25) is 0 Å². The van der Waals surface area contributed by atoms with Gasteiger partial charge in [0.25, 0.3) is 6.10 Å². The number of hydrogen-bond donors (Lipinski definition) is 0. The maximum absolute atomic E-state index is 12.1. The van der Waals surface area contributed by atoms with Crippen LogP contribution in [0.15, 0.2) is 0 Å². The summed E-state index contributed by atoms with van der Waals surface area (Å²) in [5.41, 5.74) is 0. The molecule has 0 aliphatic rings. The van der Waals surface area contributed by atoms with Crippen molar-refractivity contribution in [1.29, 1.82) is 0 Å². The predicted octanol–water partition coefficient (Wildman–Crippen LogP) is 3.18. The molecule has 1 atom stereocenters. The minimum Gasteiger partial charge on any atom is -0.425 e. The third-order valence-corrected chi connectivity index (χ3v) is 1.82. The fourth-order valence-corrected chi connectivity index (χ4v) is 0.902. The van der Waals surface area contributed by atoms with Crippen LogP contribution in [0.3, 0.4) is 0 Å². The molecular weight excluding hydrogens is 314 g/mol. The van der Waals surface area contributed by atoms with E-state index < -0.39 is 42.8 Å². The topological polar surface area (TPSA) is 61.8 Å². The quantitative estimate of drug-likeness (QED) is 0.451. The molecule has 0 saturated carbocycles. The van der Waals surface area contributed by atoms with Crippen molar-refractivity contribution in [2.75, 3.05) is 0 Å². The average molecular weight is 326 g/mol. The Hall–Kier alpha value is -1.68. The van der Waals surface area contributed by atoms with Crippen molar-refractivity contribution < 1.29 is 50.1 Å². The van der Waals surface area contributed by atoms with Crippen LogP contribution in [0.4, 0.5) is 31.1 Å². The van der Waals surface area contributed by atoms with E-state index in [0.717, 1.165) is 6.92 Å². The Balaban J connectivity index is 4.63. The SMILES string of the molecule is CC(C)C(=O)O[C@@H](C)OC(=O)OC(C(F)(F)F)C(F)(F)F. The van der Waals surface area contributed by atoms with Gasteiger partial charge in [-0.2, -0.15) is 26.3 Å². The van der Waals surface area contributed by atoms with Crippen molar-refractivity contribution in [1.82, 2.24) is 0 Å². The van der Waals surface area contributed by atoms with Gasteiger partial charge in [0.05, 0.1) is 5.92 Å². The Morgan fingerprint density at radius 2 is 1.24 bits per heavy atom. The summed E-state index contributed by atoms with van der Waals surface area (Å²) in [6, 6.07) is 0. The van der Waals surface area contributed by atoms with Gasteiger partial charge in [-0.3, -0.25) is 4.79 Å². The van der Waals surface area contributed by atoms with Gasteiger partial charge in [-0.15, -0.1) is 0 Å². The summed E-state index contributed by atoms with van der Waals surface area (Å²) in [5.74, 6) is -1.50. The summed E-state index contributed by atoms with van der Waals surface area (Å²) in [6.45, 7) is 3.76. The highest BCUT2D eigenvalue weighted by molar-refractivity contribution is 5.71. The Bertz CT molecular complexity index is 361.